The van der Waals surface area contributed by atoms with Gasteiger partial charge in [0.25, 0.3) is 0 Å². The minimum atomic E-state index is 0.293. The Kier molecular flexibility index (Phi) is 6.48. The molecule has 2 aromatic rings. The molecular weight excluding hydrogens is 316 g/mol. The molecular formula is C14H22N6O2S. The molecule has 0 aliphatic rings. The third-order valence-corrected chi connectivity index (χ3v) is 3.90. The van der Waals surface area contributed by atoms with Gasteiger partial charge in [-0.25, -0.2) is 4.68 Å². The highest BCUT2D eigenvalue weighted by Gasteiger charge is 2.06. The number of anilines is 2. The number of thioether (sulfide) groups is 1. The Bertz CT molecular complexity index is 625. The lowest BCUT2D eigenvalue weighted by Gasteiger charge is -2.06. The number of rotatable bonds is 10. The lowest BCUT2D eigenvalue weighted by atomic mass is 10.4. The number of nitrogens with one attached hydrogen (secondary N) is 2. The third-order valence-electron chi connectivity index (χ3n) is 2.91. The largest absolute Gasteiger partial charge is 0.464 e. The average molecular weight is 338 g/mol. The standard InChI is InChI=1S/C14H22N6O2S/c1-19(2)8-11-4-5-12(22-11)9-23-7-6-15-14-17-13(16-10-21)18-20(14)3/h4-5,10H,6-9H2,1-3H3,(H2,15,16,17,18,21). The fourth-order valence-electron chi connectivity index (χ4n) is 1.96. The van der Waals surface area contributed by atoms with Crippen LogP contribution in [0.3, 0.4) is 0 Å². The van der Waals surface area contributed by atoms with Crippen LogP contribution in [0.4, 0.5) is 11.9 Å². The first-order valence-corrected chi connectivity index (χ1v) is 8.39. The molecule has 126 valence electrons. The summed E-state index contributed by atoms with van der Waals surface area (Å²) >= 11 is 1.78. The zero-order valence-electron chi connectivity index (χ0n) is 13.6. The summed E-state index contributed by atoms with van der Waals surface area (Å²) < 4.78 is 7.35. The Labute approximate surface area is 139 Å². The fraction of sp³-hybridized carbons (Fsp3) is 0.500. The Hall–Kier alpha value is -2.00. The summed E-state index contributed by atoms with van der Waals surface area (Å²) in [4.78, 5) is 16.6. The summed E-state index contributed by atoms with van der Waals surface area (Å²) in [5, 5.41) is 9.66. The summed E-state index contributed by atoms with van der Waals surface area (Å²) in [6.45, 7) is 1.57. The lowest BCUT2D eigenvalue weighted by Crippen LogP contribution is -2.09. The van der Waals surface area contributed by atoms with Crippen molar-refractivity contribution in [3.05, 3.63) is 23.7 Å². The van der Waals surface area contributed by atoms with E-state index in [4.69, 9.17) is 4.42 Å². The van der Waals surface area contributed by atoms with Gasteiger partial charge in [-0.2, -0.15) is 16.7 Å². The van der Waals surface area contributed by atoms with Crippen LogP contribution in [0.25, 0.3) is 0 Å². The van der Waals surface area contributed by atoms with Crippen molar-refractivity contribution in [2.45, 2.75) is 12.3 Å². The summed E-state index contributed by atoms with van der Waals surface area (Å²) in [7, 11) is 5.81. The van der Waals surface area contributed by atoms with Crippen LogP contribution >= 0.6 is 11.8 Å². The van der Waals surface area contributed by atoms with Gasteiger partial charge in [-0.1, -0.05) is 0 Å². The highest BCUT2D eigenvalue weighted by atomic mass is 32.2. The maximum Gasteiger partial charge on any atom is 0.250 e. The van der Waals surface area contributed by atoms with Crippen molar-refractivity contribution in [3.63, 3.8) is 0 Å². The van der Waals surface area contributed by atoms with Crippen LogP contribution in [0, 0.1) is 0 Å². The second-order valence-electron chi connectivity index (χ2n) is 5.23. The van der Waals surface area contributed by atoms with E-state index in [0.717, 1.165) is 36.1 Å². The third kappa shape index (κ3) is 5.61. The SMILES string of the molecule is CN(C)Cc1ccc(CSCCNc2nc(NC=O)nn2C)o1. The van der Waals surface area contributed by atoms with Crippen LogP contribution < -0.4 is 10.6 Å². The van der Waals surface area contributed by atoms with Crippen LogP contribution in [0.2, 0.25) is 0 Å². The van der Waals surface area contributed by atoms with Gasteiger partial charge in [0.15, 0.2) is 0 Å². The van der Waals surface area contributed by atoms with Crippen molar-refractivity contribution in [1.82, 2.24) is 19.7 Å². The van der Waals surface area contributed by atoms with E-state index in [0.29, 0.717) is 18.3 Å². The Morgan fingerprint density at radius 2 is 2.17 bits per heavy atom. The molecule has 2 heterocycles. The van der Waals surface area contributed by atoms with Gasteiger partial charge in [-0.05, 0) is 26.2 Å². The van der Waals surface area contributed by atoms with Crippen molar-refractivity contribution in [1.29, 1.82) is 0 Å². The number of furan rings is 1. The van der Waals surface area contributed by atoms with E-state index >= 15 is 0 Å². The summed E-state index contributed by atoms with van der Waals surface area (Å²) in [6, 6.07) is 4.05. The van der Waals surface area contributed by atoms with Crippen molar-refractivity contribution in [3.8, 4) is 0 Å². The molecule has 0 spiro atoms. The van der Waals surface area contributed by atoms with E-state index in [1.54, 1.807) is 23.5 Å². The molecule has 0 fully saturated rings. The molecule has 2 rings (SSSR count). The normalized spacial score (nSPS) is 11.0. The van der Waals surface area contributed by atoms with Gasteiger partial charge in [-0.15, -0.1) is 5.10 Å². The zero-order valence-corrected chi connectivity index (χ0v) is 14.4. The second kappa shape index (κ2) is 8.59. The first-order chi connectivity index (χ1) is 11.1. The van der Waals surface area contributed by atoms with E-state index in [-0.39, 0.29) is 0 Å². The predicted octanol–water partition coefficient (Wildman–Crippen LogP) is 1.38. The minimum Gasteiger partial charge on any atom is -0.464 e. The Morgan fingerprint density at radius 1 is 1.39 bits per heavy atom. The molecule has 0 atom stereocenters. The molecule has 2 aromatic heterocycles. The van der Waals surface area contributed by atoms with E-state index in [9.17, 15) is 4.79 Å². The predicted molar refractivity (Wildman–Crippen MR) is 91.4 cm³/mol. The monoisotopic (exact) mass is 338 g/mol. The first-order valence-electron chi connectivity index (χ1n) is 7.23. The summed E-state index contributed by atoms with van der Waals surface area (Å²) in [5.41, 5.74) is 0. The molecule has 1 amide bonds. The molecule has 0 bridgehead atoms. The van der Waals surface area contributed by atoms with E-state index in [1.807, 2.05) is 26.2 Å². The highest BCUT2D eigenvalue weighted by molar-refractivity contribution is 7.98. The molecule has 9 heteroatoms. The Balaban J connectivity index is 1.67. The number of carbonyl (C=O) groups excluding carboxylic acids is 1. The van der Waals surface area contributed by atoms with Crippen LogP contribution in [-0.2, 0) is 24.1 Å². The molecule has 8 nitrogen and oxygen atoms in total. The molecule has 0 radical (unpaired) electrons. The van der Waals surface area contributed by atoms with Gasteiger partial charge in [0.2, 0.25) is 18.3 Å². The van der Waals surface area contributed by atoms with Crippen molar-refractivity contribution >= 4 is 30.1 Å². The molecule has 0 saturated carbocycles. The minimum absolute atomic E-state index is 0.293. The number of hydrogen-bond acceptors (Lipinski definition) is 7. The van der Waals surface area contributed by atoms with Crippen molar-refractivity contribution in [2.75, 3.05) is 37.0 Å². The molecule has 2 N–H and O–H groups in total. The quantitative estimate of drug-likeness (QED) is 0.500. The van der Waals surface area contributed by atoms with Gasteiger partial charge in [0, 0.05) is 19.3 Å². The smallest absolute Gasteiger partial charge is 0.250 e. The van der Waals surface area contributed by atoms with Crippen LogP contribution in [0.1, 0.15) is 11.5 Å². The van der Waals surface area contributed by atoms with Crippen LogP contribution in [0.5, 0.6) is 0 Å². The van der Waals surface area contributed by atoms with Gasteiger partial charge < -0.3 is 14.6 Å². The number of nitrogens with zero attached hydrogens (tertiary/aromatic N) is 4. The molecule has 0 aromatic carbocycles. The van der Waals surface area contributed by atoms with Gasteiger partial charge in [-0.3, -0.25) is 10.1 Å². The van der Waals surface area contributed by atoms with Crippen molar-refractivity contribution < 1.29 is 9.21 Å². The number of aromatic nitrogens is 3. The number of hydrogen-bond donors (Lipinski definition) is 2. The second-order valence-corrected chi connectivity index (χ2v) is 6.34. The maximum absolute atomic E-state index is 10.4. The average Bonchev–Trinajstić information content (AvgIpc) is 3.05. The first kappa shape index (κ1) is 17.4. The van der Waals surface area contributed by atoms with Crippen molar-refractivity contribution in [2.24, 2.45) is 7.05 Å². The number of carbonyl (C=O) groups is 1. The van der Waals surface area contributed by atoms with Gasteiger partial charge in [0.1, 0.15) is 11.5 Å². The lowest BCUT2D eigenvalue weighted by molar-refractivity contribution is -0.105. The fourth-order valence-corrected chi connectivity index (χ4v) is 2.70. The van der Waals surface area contributed by atoms with Gasteiger partial charge >= 0.3 is 0 Å². The van der Waals surface area contributed by atoms with Crippen LogP contribution in [0.15, 0.2) is 16.5 Å². The molecule has 0 aliphatic carbocycles. The topological polar surface area (TPSA) is 88.2 Å². The maximum atomic E-state index is 10.4. The molecule has 0 aliphatic heterocycles. The number of amides is 1. The molecule has 0 unspecified atom stereocenters. The van der Waals surface area contributed by atoms with E-state index in [2.05, 4.69) is 25.6 Å². The van der Waals surface area contributed by atoms with E-state index in [1.165, 1.54) is 0 Å². The van der Waals surface area contributed by atoms with Gasteiger partial charge in [0.05, 0.1) is 12.3 Å². The number of aryl methyl sites for hydroxylation is 1. The zero-order chi connectivity index (χ0) is 16.7. The highest BCUT2D eigenvalue weighted by Crippen LogP contribution is 2.16. The molecule has 0 saturated heterocycles. The molecule has 23 heavy (non-hydrogen) atoms. The summed E-state index contributed by atoms with van der Waals surface area (Å²) in [6.07, 6.45) is 0.558. The van der Waals surface area contributed by atoms with E-state index < -0.39 is 0 Å². The summed E-state index contributed by atoms with van der Waals surface area (Å²) in [5.74, 6) is 4.64. The Morgan fingerprint density at radius 3 is 2.91 bits per heavy atom. The van der Waals surface area contributed by atoms with Crippen LogP contribution in [-0.4, -0.2) is 52.5 Å².